The number of carbonyl (C=O) groups is 1. The lowest BCUT2D eigenvalue weighted by Crippen LogP contribution is -2.45. The van der Waals surface area contributed by atoms with Crippen molar-refractivity contribution < 1.29 is 23.5 Å². The molecule has 0 aliphatic heterocycles. The molecule has 41 heavy (non-hydrogen) atoms. The minimum atomic E-state index is -0.776. The Morgan fingerprint density at radius 3 is 2.34 bits per heavy atom. The Bertz CT molecular complexity index is 1620. The van der Waals surface area contributed by atoms with Crippen LogP contribution in [-0.4, -0.2) is 39.5 Å². The molecule has 0 fully saturated rings. The van der Waals surface area contributed by atoms with E-state index in [4.69, 9.17) is 14.3 Å². The van der Waals surface area contributed by atoms with E-state index in [2.05, 4.69) is 4.98 Å². The first-order valence-electron chi connectivity index (χ1n) is 13.7. The van der Waals surface area contributed by atoms with Gasteiger partial charge < -0.3 is 18.9 Å². The van der Waals surface area contributed by atoms with E-state index in [-0.39, 0.29) is 29.3 Å². The van der Waals surface area contributed by atoms with Gasteiger partial charge in [0.1, 0.15) is 11.4 Å². The third kappa shape index (κ3) is 6.45. The molecule has 0 saturated heterocycles. The molecule has 1 atom stereocenters. The lowest BCUT2D eigenvalue weighted by Gasteiger charge is -2.31. The fraction of sp³-hybridized carbons (Fsp3) is 0.406. The summed E-state index contributed by atoms with van der Waals surface area (Å²) in [6, 6.07) is 11.7. The number of benzene rings is 2. The van der Waals surface area contributed by atoms with Gasteiger partial charge in [-0.2, -0.15) is 0 Å². The summed E-state index contributed by atoms with van der Waals surface area (Å²) in [5.74, 6) is -0.0243. The van der Waals surface area contributed by atoms with Gasteiger partial charge in [0.25, 0.3) is 5.56 Å². The molecule has 2 aromatic carbocycles. The van der Waals surface area contributed by atoms with E-state index in [9.17, 15) is 9.59 Å². The highest BCUT2D eigenvalue weighted by Gasteiger charge is 2.30. The van der Waals surface area contributed by atoms with Crippen LogP contribution in [0.15, 0.2) is 53.5 Å². The Morgan fingerprint density at radius 2 is 1.73 bits per heavy atom. The van der Waals surface area contributed by atoms with Crippen molar-refractivity contribution in [1.29, 1.82) is 0 Å². The molecular formula is C32H38FN3O5. The van der Waals surface area contributed by atoms with Crippen molar-refractivity contribution in [3.05, 3.63) is 76.1 Å². The van der Waals surface area contributed by atoms with Gasteiger partial charge in [-0.25, -0.2) is 9.18 Å². The molecule has 0 spiro atoms. The van der Waals surface area contributed by atoms with Crippen LogP contribution in [0, 0.1) is 18.7 Å². The number of amides is 1. The molecule has 4 aromatic rings. The molecule has 2 heterocycles. The van der Waals surface area contributed by atoms with Crippen molar-refractivity contribution in [3.63, 3.8) is 0 Å². The Hall–Kier alpha value is -4.14. The third-order valence-electron chi connectivity index (χ3n) is 6.72. The van der Waals surface area contributed by atoms with Gasteiger partial charge in [0.15, 0.2) is 11.6 Å². The van der Waals surface area contributed by atoms with E-state index >= 15 is 4.39 Å². The zero-order valence-corrected chi connectivity index (χ0v) is 24.9. The maximum Gasteiger partial charge on any atom is 0.443 e. The summed E-state index contributed by atoms with van der Waals surface area (Å²) in [4.78, 5) is 37.3. The number of fused-ring (bicyclic) bond motifs is 3. The average molecular weight is 564 g/mol. The molecule has 2 aromatic heterocycles. The number of hydroxylamine groups is 2. The Balaban J connectivity index is 1.90. The monoisotopic (exact) mass is 563 g/mol. The van der Waals surface area contributed by atoms with Crippen LogP contribution in [0.25, 0.3) is 21.7 Å². The van der Waals surface area contributed by atoms with Crippen molar-refractivity contribution in [3.8, 4) is 11.5 Å². The number of ether oxygens (including phenoxy) is 2. The van der Waals surface area contributed by atoms with E-state index < -0.39 is 23.6 Å². The molecule has 0 bridgehead atoms. The lowest BCUT2D eigenvalue weighted by atomic mass is 10.0. The molecule has 0 saturated carbocycles. The third-order valence-corrected chi connectivity index (χ3v) is 6.72. The van der Waals surface area contributed by atoms with Gasteiger partial charge in [0.2, 0.25) is 0 Å². The van der Waals surface area contributed by atoms with Gasteiger partial charge in [0.05, 0.1) is 36.3 Å². The van der Waals surface area contributed by atoms with Crippen LogP contribution < -0.4 is 15.1 Å². The predicted molar refractivity (Wildman–Crippen MR) is 158 cm³/mol. The fourth-order valence-corrected chi connectivity index (χ4v) is 4.96. The Morgan fingerprint density at radius 1 is 1.05 bits per heavy atom. The minimum absolute atomic E-state index is 0.0714. The maximum atomic E-state index is 16.5. The minimum Gasteiger partial charge on any atom is -0.497 e. The number of halogens is 1. The number of rotatable bonds is 8. The fourth-order valence-electron chi connectivity index (χ4n) is 4.96. The Kier molecular flexibility index (Phi) is 8.56. The molecule has 0 radical (unpaired) electrons. The first-order chi connectivity index (χ1) is 19.3. The van der Waals surface area contributed by atoms with E-state index in [0.717, 1.165) is 10.6 Å². The van der Waals surface area contributed by atoms with Gasteiger partial charge in [0, 0.05) is 11.6 Å². The first kappa shape index (κ1) is 29.8. The van der Waals surface area contributed by atoms with Crippen molar-refractivity contribution >= 4 is 27.8 Å². The highest BCUT2D eigenvalue weighted by atomic mass is 19.1. The van der Waals surface area contributed by atoms with Crippen molar-refractivity contribution in [2.75, 3.05) is 7.11 Å². The summed E-state index contributed by atoms with van der Waals surface area (Å²) in [5.41, 5.74) is 0.255. The summed E-state index contributed by atoms with van der Waals surface area (Å²) >= 11 is 0. The van der Waals surface area contributed by atoms with Crippen LogP contribution in [0.5, 0.6) is 11.5 Å². The summed E-state index contributed by atoms with van der Waals surface area (Å²) in [7, 11) is 1.58. The van der Waals surface area contributed by atoms with Gasteiger partial charge in [-0.05, 0) is 88.2 Å². The number of pyridine rings is 2. The number of aryl methyl sites for hydroxylation is 1. The standard InChI is InChI=1S/C32H38FN3O5/c1-19(2)17-20(3)36(31(38)40-32(5,6)7)41-26-14-13-25-24-15-16-34-21(4)27(24)30(37)35(29(25)28(26)33)18-22-9-11-23(39-8)12-10-22/h9-16,19-20H,17-18H2,1-8H3/t20-/m0/s1. The molecule has 9 heteroatoms. The quantitative estimate of drug-likeness (QED) is 0.169. The van der Waals surface area contributed by atoms with Crippen molar-refractivity contribution in [2.24, 2.45) is 5.92 Å². The average Bonchev–Trinajstić information content (AvgIpc) is 2.89. The number of nitrogens with zero attached hydrogens (tertiary/aromatic N) is 3. The molecule has 8 nitrogen and oxygen atoms in total. The largest absolute Gasteiger partial charge is 0.497 e. The number of carbonyl (C=O) groups excluding carboxylic acids is 1. The van der Waals surface area contributed by atoms with E-state index in [0.29, 0.717) is 34.0 Å². The van der Waals surface area contributed by atoms with Crippen molar-refractivity contribution in [1.82, 2.24) is 14.6 Å². The van der Waals surface area contributed by atoms with E-state index in [1.807, 2.05) is 32.9 Å². The Labute approximate surface area is 239 Å². The topological polar surface area (TPSA) is 82.9 Å². The zero-order chi connectivity index (χ0) is 30.1. The van der Waals surface area contributed by atoms with Crippen LogP contribution >= 0.6 is 0 Å². The number of hydrogen-bond donors (Lipinski definition) is 0. The van der Waals surface area contributed by atoms with Gasteiger partial charge in [-0.1, -0.05) is 26.0 Å². The summed E-state index contributed by atoms with van der Waals surface area (Å²) in [5, 5.41) is 2.62. The summed E-state index contributed by atoms with van der Waals surface area (Å²) < 4.78 is 28.8. The van der Waals surface area contributed by atoms with Crippen molar-refractivity contribution in [2.45, 2.75) is 73.1 Å². The predicted octanol–water partition coefficient (Wildman–Crippen LogP) is 7.02. The number of methoxy groups -OCH3 is 1. The molecule has 0 unspecified atom stereocenters. The highest BCUT2D eigenvalue weighted by Crippen LogP contribution is 2.32. The molecular weight excluding hydrogens is 525 g/mol. The highest BCUT2D eigenvalue weighted by molar-refractivity contribution is 6.06. The van der Waals surface area contributed by atoms with Crippen LogP contribution in [0.4, 0.5) is 9.18 Å². The maximum absolute atomic E-state index is 16.5. The number of aromatic nitrogens is 2. The van der Waals surface area contributed by atoms with Gasteiger partial charge in [-0.3, -0.25) is 9.78 Å². The molecule has 4 rings (SSSR count). The first-order valence-corrected chi connectivity index (χ1v) is 13.7. The SMILES string of the molecule is COc1ccc(Cn2c(=O)c3c(C)nccc3c3ccc(ON(C(=O)OC(C)(C)C)[C@@H](C)CC(C)C)c(F)c32)cc1. The number of hydrogen-bond acceptors (Lipinski definition) is 6. The molecule has 0 N–H and O–H groups in total. The molecule has 0 aliphatic rings. The van der Waals surface area contributed by atoms with Crippen LogP contribution in [0.3, 0.4) is 0 Å². The second-order valence-corrected chi connectivity index (χ2v) is 11.7. The zero-order valence-electron chi connectivity index (χ0n) is 24.9. The van der Waals surface area contributed by atoms with Crippen LogP contribution in [0.1, 0.15) is 59.2 Å². The van der Waals surface area contributed by atoms with E-state index in [1.165, 1.54) is 10.6 Å². The molecule has 218 valence electrons. The second-order valence-electron chi connectivity index (χ2n) is 11.7. The molecule has 1 amide bonds. The second kappa shape index (κ2) is 11.8. The normalized spacial score (nSPS) is 12.5. The summed E-state index contributed by atoms with van der Waals surface area (Å²) in [6.45, 7) is 13.0. The molecule has 0 aliphatic carbocycles. The van der Waals surface area contributed by atoms with Gasteiger partial charge >= 0.3 is 6.09 Å². The lowest BCUT2D eigenvalue weighted by molar-refractivity contribution is -0.0983. The van der Waals surface area contributed by atoms with Crippen LogP contribution in [0.2, 0.25) is 0 Å². The van der Waals surface area contributed by atoms with Crippen LogP contribution in [-0.2, 0) is 11.3 Å². The van der Waals surface area contributed by atoms with E-state index in [1.54, 1.807) is 65.3 Å². The smallest absolute Gasteiger partial charge is 0.443 e. The van der Waals surface area contributed by atoms with Gasteiger partial charge in [-0.15, -0.1) is 5.06 Å². The summed E-state index contributed by atoms with van der Waals surface area (Å²) in [6.07, 6.45) is 1.49.